The van der Waals surface area contributed by atoms with Crippen molar-refractivity contribution in [1.29, 1.82) is 0 Å². The molecule has 1 saturated heterocycles. The van der Waals surface area contributed by atoms with Gasteiger partial charge in [-0.15, -0.1) is 0 Å². The van der Waals surface area contributed by atoms with Crippen LogP contribution in [0, 0.1) is 0 Å². The lowest BCUT2D eigenvalue weighted by Crippen LogP contribution is -2.55. The molecule has 1 fully saturated rings. The molecule has 0 N–H and O–H groups in total. The largest absolute Gasteiger partial charge is 0.444 e. The van der Waals surface area contributed by atoms with Crippen molar-refractivity contribution in [3.63, 3.8) is 0 Å². The Bertz CT molecular complexity index is 554. The molecule has 0 spiro atoms. The standard InChI is InChI=1S/C17H25N3O3/c1-13-11-19(12-15(21)14-7-5-6-8-18-14)9-10-20(13)16(22)23-17(2,3)4/h5-8,13H,9-12H2,1-4H3/t13-/m1/s1. The van der Waals surface area contributed by atoms with Gasteiger partial charge in [0.05, 0.1) is 6.54 Å². The van der Waals surface area contributed by atoms with Gasteiger partial charge < -0.3 is 9.64 Å². The molecule has 1 aliphatic rings. The highest BCUT2D eigenvalue weighted by Gasteiger charge is 2.31. The fraction of sp³-hybridized carbons (Fsp3) is 0.588. The molecular weight excluding hydrogens is 294 g/mol. The number of carbonyl (C=O) groups excluding carboxylic acids is 2. The summed E-state index contributed by atoms with van der Waals surface area (Å²) < 4.78 is 5.42. The van der Waals surface area contributed by atoms with Crippen molar-refractivity contribution in [2.45, 2.75) is 39.3 Å². The van der Waals surface area contributed by atoms with Gasteiger partial charge in [-0.2, -0.15) is 0 Å². The molecule has 126 valence electrons. The third-order valence-electron chi connectivity index (χ3n) is 3.66. The van der Waals surface area contributed by atoms with Crippen LogP contribution in [-0.2, 0) is 4.74 Å². The topological polar surface area (TPSA) is 62.7 Å². The van der Waals surface area contributed by atoms with E-state index in [0.29, 0.717) is 31.9 Å². The molecule has 1 aromatic heterocycles. The first-order chi connectivity index (χ1) is 10.8. The summed E-state index contributed by atoms with van der Waals surface area (Å²) in [4.78, 5) is 32.3. The van der Waals surface area contributed by atoms with Crippen LogP contribution in [0.25, 0.3) is 0 Å². The fourth-order valence-corrected chi connectivity index (χ4v) is 2.58. The minimum atomic E-state index is -0.497. The van der Waals surface area contributed by atoms with Gasteiger partial charge in [0, 0.05) is 31.9 Å². The van der Waals surface area contributed by atoms with Crippen LogP contribution in [0.2, 0.25) is 0 Å². The molecule has 2 rings (SSSR count). The molecule has 0 unspecified atom stereocenters. The number of carbonyl (C=O) groups is 2. The van der Waals surface area contributed by atoms with Crippen LogP contribution >= 0.6 is 0 Å². The second-order valence-corrected chi connectivity index (χ2v) is 6.90. The third-order valence-corrected chi connectivity index (χ3v) is 3.66. The molecule has 0 aromatic carbocycles. The third kappa shape index (κ3) is 5.03. The molecule has 23 heavy (non-hydrogen) atoms. The number of aromatic nitrogens is 1. The number of pyridine rings is 1. The van der Waals surface area contributed by atoms with E-state index in [9.17, 15) is 9.59 Å². The lowest BCUT2D eigenvalue weighted by atomic mass is 10.1. The summed E-state index contributed by atoms with van der Waals surface area (Å²) in [6.45, 7) is 9.74. The lowest BCUT2D eigenvalue weighted by Gasteiger charge is -2.39. The van der Waals surface area contributed by atoms with Crippen molar-refractivity contribution in [1.82, 2.24) is 14.8 Å². The molecule has 1 aliphatic heterocycles. The first kappa shape index (κ1) is 17.4. The average Bonchev–Trinajstić information content (AvgIpc) is 2.46. The number of rotatable bonds is 3. The first-order valence-electron chi connectivity index (χ1n) is 7.92. The van der Waals surface area contributed by atoms with E-state index in [0.717, 1.165) is 0 Å². The Balaban J connectivity index is 1.89. The monoisotopic (exact) mass is 319 g/mol. The van der Waals surface area contributed by atoms with E-state index in [-0.39, 0.29) is 17.9 Å². The van der Waals surface area contributed by atoms with Crippen LogP contribution in [0.5, 0.6) is 0 Å². The number of piperazine rings is 1. The minimum absolute atomic E-state index is 0.00326. The fourth-order valence-electron chi connectivity index (χ4n) is 2.58. The maximum atomic E-state index is 12.2. The predicted molar refractivity (Wildman–Crippen MR) is 87.4 cm³/mol. The zero-order valence-electron chi connectivity index (χ0n) is 14.3. The zero-order valence-corrected chi connectivity index (χ0v) is 14.3. The number of hydrogen-bond acceptors (Lipinski definition) is 5. The molecule has 6 nitrogen and oxygen atoms in total. The summed E-state index contributed by atoms with van der Waals surface area (Å²) in [5.41, 5.74) is -0.0159. The van der Waals surface area contributed by atoms with E-state index < -0.39 is 5.60 Å². The van der Waals surface area contributed by atoms with Crippen molar-refractivity contribution in [2.24, 2.45) is 0 Å². The Kier molecular flexibility index (Phi) is 5.36. The minimum Gasteiger partial charge on any atom is -0.444 e. The maximum absolute atomic E-state index is 12.2. The van der Waals surface area contributed by atoms with Gasteiger partial charge in [0.2, 0.25) is 0 Å². The van der Waals surface area contributed by atoms with Crippen molar-refractivity contribution in [3.8, 4) is 0 Å². The Hall–Kier alpha value is -1.95. The quantitative estimate of drug-likeness (QED) is 0.799. The zero-order chi connectivity index (χ0) is 17.0. The van der Waals surface area contributed by atoms with Gasteiger partial charge in [0.1, 0.15) is 11.3 Å². The van der Waals surface area contributed by atoms with E-state index in [2.05, 4.69) is 9.88 Å². The Morgan fingerprint density at radius 1 is 1.30 bits per heavy atom. The SMILES string of the molecule is C[C@@H]1CN(CC(=O)c2ccccn2)CCN1C(=O)OC(C)(C)C. The summed E-state index contributed by atoms with van der Waals surface area (Å²) in [6.07, 6.45) is 1.33. The molecule has 0 bridgehead atoms. The van der Waals surface area contributed by atoms with E-state index >= 15 is 0 Å². The van der Waals surface area contributed by atoms with Gasteiger partial charge in [0.25, 0.3) is 0 Å². The van der Waals surface area contributed by atoms with Crippen LogP contribution in [0.3, 0.4) is 0 Å². The van der Waals surface area contributed by atoms with Gasteiger partial charge >= 0.3 is 6.09 Å². The van der Waals surface area contributed by atoms with E-state index in [4.69, 9.17) is 4.74 Å². The summed E-state index contributed by atoms with van der Waals surface area (Å²) in [7, 11) is 0. The van der Waals surface area contributed by atoms with Crippen LogP contribution in [0.15, 0.2) is 24.4 Å². The van der Waals surface area contributed by atoms with Crippen molar-refractivity contribution in [2.75, 3.05) is 26.2 Å². The number of ketones is 1. The van der Waals surface area contributed by atoms with E-state index in [1.54, 1.807) is 23.2 Å². The molecule has 2 heterocycles. The molecule has 0 aliphatic carbocycles. The molecule has 6 heteroatoms. The smallest absolute Gasteiger partial charge is 0.410 e. The second kappa shape index (κ2) is 7.08. The number of amides is 1. The Morgan fingerprint density at radius 2 is 2.04 bits per heavy atom. The van der Waals surface area contributed by atoms with Crippen LogP contribution in [0.1, 0.15) is 38.2 Å². The highest BCUT2D eigenvalue weighted by Crippen LogP contribution is 2.15. The second-order valence-electron chi connectivity index (χ2n) is 6.90. The maximum Gasteiger partial charge on any atom is 0.410 e. The van der Waals surface area contributed by atoms with Gasteiger partial charge in [-0.3, -0.25) is 14.7 Å². The molecule has 1 atom stereocenters. The van der Waals surface area contributed by atoms with Crippen LogP contribution in [-0.4, -0.2) is 64.5 Å². The van der Waals surface area contributed by atoms with Crippen molar-refractivity contribution in [3.05, 3.63) is 30.1 Å². The Labute approximate surface area is 137 Å². The highest BCUT2D eigenvalue weighted by atomic mass is 16.6. The summed E-state index contributed by atoms with van der Waals surface area (Å²) in [5.74, 6) is 0.00326. The van der Waals surface area contributed by atoms with Crippen molar-refractivity contribution < 1.29 is 14.3 Å². The summed E-state index contributed by atoms with van der Waals surface area (Å²) in [5, 5.41) is 0. The number of hydrogen-bond donors (Lipinski definition) is 0. The van der Waals surface area contributed by atoms with Crippen LogP contribution < -0.4 is 0 Å². The first-order valence-corrected chi connectivity index (χ1v) is 7.92. The number of nitrogens with zero attached hydrogens (tertiary/aromatic N) is 3. The van der Waals surface area contributed by atoms with Gasteiger partial charge in [0.15, 0.2) is 5.78 Å². The highest BCUT2D eigenvalue weighted by molar-refractivity contribution is 5.95. The molecule has 0 saturated carbocycles. The number of Topliss-reactive ketones (excluding diaryl/α,β-unsaturated/α-hetero) is 1. The van der Waals surface area contributed by atoms with Gasteiger partial charge in [-0.1, -0.05) is 6.07 Å². The summed E-state index contributed by atoms with van der Waals surface area (Å²) in [6, 6.07) is 5.33. The molecular formula is C17H25N3O3. The van der Waals surface area contributed by atoms with Crippen LogP contribution in [0.4, 0.5) is 4.79 Å². The van der Waals surface area contributed by atoms with Gasteiger partial charge in [-0.05, 0) is 39.8 Å². The predicted octanol–water partition coefficient (Wildman–Crippen LogP) is 2.21. The van der Waals surface area contributed by atoms with Crippen molar-refractivity contribution >= 4 is 11.9 Å². The average molecular weight is 319 g/mol. The Morgan fingerprint density at radius 3 is 2.61 bits per heavy atom. The molecule has 1 aromatic rings. The number of ether oxygens (including phenoxy) is 1. The van der Waals surface area contributed by atoms with Gasteiger partial charge in [-0.25, -0.2) is 4.79 Å². The summed E-state index contributed by atoms with van der Waals surface area (Å²) >= 11 is 0. The lowest BCUT2D eigenvalue weighted by molar-refractivity contribution is 0.00218. The van der Waals surface area contributed by atoms with E-state index in [1.807, 2.05) is 33.8 Å². The molecule has 1 amide bonds. The van der Waals surface area contributed by atoms with E-state index in [1.165, 1.54) is 0 Å². The normalized spacial score (nSPS) is 19.5. The molecule has 0 radical (unpaired) electrons.